The summed E-state index contributed by atoms with van der Waals surface area (Å²) in [7, 11) is 1.76. The lowest BCUT2D eigenvalue weighted by Crippen LogP contribution is -2.39. The van der Waals surface area contributed by atoms with Crippen LogP contribution in [0, 0.1) is 0 Å². The van der Waals surface area contributed by atoms with Gasteiger partial charge in [0.2, 0.25) is 0 Å². The molecule has 0 aliphatic carbocycles. The van der Waals surface area contributed by atoms with Crippen molar-refractivity contribution in [3.63, 3.8) is 0 Å². The molecule has 0 amide bonds. The van der Waals surface area contributed by atoms with Crippen molar-refractivity contribution >= 4 is 11.6 Å². The predicted octanol–water partition coefficient (Wildman–Crippen LogP) is 1.03. The van der Waals surface area contributed by atoms with Gasteiger partial charge in [-0.1, -0.05) is 18.5 Å². The molecule has 0 atom stereocenters. The number of hydrogen-bond acceptors (Lipinski definition) is 3. The maximum Gasteiger partial charge on any atom is 0.331 e. The van der Waals surface area contributed by atoms with Gasteiger partial charge in [-0.05, 0) is 13.3 Å². The number of aromatic nitrogens is 4. The molecule has 108 valence electrons. The third-order valence-corrected chi connectivity index (χ3v) is 3.73. The van der Waals surface area contributed by atoms with Crippen molar-refractivity contribution in [2.24, 2.45) is 7.05 Å². The summed E-state index contributed by atoms with van der Waals surface area (Å²) in [4.78, 5) is 24.1. The fourth-order valence-electron chi connectivity index (χ4n) is 2.08. The molecule has 0 saturated carbocycles. The summed E-state index contributed by atoms with van der Waals surface area (Å²) in [5.41, 5.74) is 0.755. The number of aryl methyl sites for hydroxylation is 3. The van der Waals surface area contributed by atoms with Gasteiger partial charge in [-0.15, -0.1) is 0 Å². The molecule has 0 aliphatic rings. The normalized spacial score (nSPS) is 11.0. The topological polar surface area (TPSA) is 61.8 Å². The summed E-state index contributed by atoms with van der Waals surface area (Å²) < 4.78 is 4.27. The molecular formula is C13H17ClN4O2. The molecule has 0 aliphatic heterocycles. The molecule has 0 fully saturated rings. The Kier molecular flexibility index (Phi) is 4.13. The lowest BCUT2D eigenvalue weighted by molar-refractivity contribution is 0.575. The van der Waals surface area contributed by atoms with Gasteiger partial charge >= 0.3 is 5.69 Å². The molecule has 2 rings (SSSR count). The zero-order valence-corrected chi connectivity index (χ0v) is 12.5. The Morgan fingerprint density at radius 3 is 2.55 bits per heavy atom. The third-order valence-electron chi connectivity index (χ3n) is 3.29. The highest BCUT2D eigenvalue weighted by atomic mass is 35.5. The van der Waals surface area contributed by atoms with E-state index in [2.05, 4.69) is 5.10 Å². The molecule has 6 nitrogen and oxygen atoms in total. The van der Waals surface area contributed by atoms with Gasteiger partial charge in [-0.25, -0.2) is 4.79 Å². The second-order valence-corrected chi connectivity index (χ2v) is 4.87. The maximum atomic E-state index is 12.2. The zero-order valence-electron chi connectivity index (χ0n) is 11.8. The first kappa shape index (κ1) is 14.6. The van der Waals surface area contributed by atoms with Crippen LogP contribution in [0.5, 0.6) is 0 Å². The summed E-state index contributed by atoms with van der Waals surface area (Å²) in [5, 5.41) is 4.81. The van der Waals surface area contributed by atoms with Crippen molar-refractivity contribution in [3.8, 4) is 0 Å². The van der Waals surface area contributed by atoms with Crippen molar-refractivity contribution in [1.82, 2.24) is 18.9 Å². The summed E-state index contributed by atoms with van der Waals surface area (Å²) >= 11 is 6.25. The molecule has 0 unspecified atom stereocenters. The molecule has 2 aromatic heterocycles. The summed E-state index contributed by atoms with van der Waals surface area (Å²) in [6, 6.07) is 1.38. The van der Waals surface area contributed by atoms with Gasteiger partial charge in [0.15, 0.2) is 0 Å². The second-order valence-electron chi connectivity index (χ2n) is 4.49. The molecular weight excluding hydrogens is 280 g/mol. The Hall–Kier alpha value is -1.82. The van der Waals surface area contributed by atoms with E-state index in [4.69, 9.17) is 11.6 Å². The van der Waals surface area contributed by atoms with Gasteiger partial charge in [-0.2, -0.15) is 5.10 Å². The van der Waals surface area contributed by atoms with E-state index in [1.165, 1.54) is 21.4 Å². The Labute approximate surface area is 121 Å². The van der Waals surface area contributed by atoms with Crippen LogP contribution in [0.25, 0.3) is 0 Å². The Morgan fingerprint density at radius 2 is 2.00 bits per heavy atom. The van der Waals surface area contributed by atoms with Gasteiger partial charge in [0.1, 0.15) is 0 Å². The van der Waals surface area contributed by atoms with Crippen LogP contribution >= 0.6 is 11.6 Å². The first-order chi connectivity index (χ1) is 9.49. The Morgan fingerprint density at radius 1 is 1.30 bits per heavy atom. The SMILES string of the molecule is CCc1nn(C)c(Cn2c(=O)ccn(CC)c2=O)c1Cl. The fourth-order valence-corrected chi connectivity index (χ4v) is 2.44. The molecule has 0 aromatic carbocycles. The lowest BCUT2D eigenvalue weighted by atomic mass is 10.3. The van der Waals surface area contributed by atoms with Crippen LogP contribution in [-0.2, 0) is 26.6 Å². The average molecular weight is 297 g/mol. The highest BCUT2D eigenvalue weighted by molar-refractivity contribution is 6.31. The van der Waals surface area contributed by atoms with E-state index < -0.39 is 0 Å². The number of rotatable bonds is 4. The zero-order chi connectivity index (χ0) is 14.9. The molecule has 7 heteroatoms. The number of hydrogen-bond donors (Lipinski definition) is 0. The monoisotopic (exact) mass is 296 g/mol. The molecule has 0 saturated heterocycles. The van der Waals surface area contributed by atoms with Crippen LogP contribution in [0.4, 0.5) is 0 Å². The van der Waals surface area contributed by atoms with Crippen LogP contribution in [0.1, 0.15) is 25.2 Å². The Bertz CT molecular complexity index is 742. The predicted molar refractivity (Wildman–Crippen MR) is 77.3 cm³/mol. The van der Waals surface area contributed by atoms with Gasteiger partial charge < -0.3 is 4.57 Å². The summed E-state index contributed by atoms with van der Waals surface area (Å²) in [6.45, 7) is 4.44. The van der Waals surface area contributed by atoms with E-state index in [9.17, 15) is 9.59 Å². The third kappa shape index (κ3) is 2.43. The van der Waals surface area contributed by atoms with E-state index >= 15 is 0 Å². The number of halogens is 1. The van der Waals surface area contributed by atoms with E-state index in [1.807, 2.05) is 13.8 Å². The lowest BCUT2D eigenvalue weighted by Gasteiger charge is -2.08. The van der Waals surface area contributed by atoms with Crippen molar-refractivity contribution in [1.29, 1.82) is 0 Å². The molecule has 20 heavy (non-hydrogen) atoms. The first-order valence-electron chi connectivity index (χ1n) is 6.50. The smallest absolute Gasteiger partial charge is 0.301 e. The highest BCUT2D eigenvalue weighted by Crippen LogP contribution is 2.20. The standard InChI is InChI=1S/C13H17ClN4O2/c1-4-9-12(14)10(16(3)15-9)8-18-11(19)6-7-17(5-2)13(18)20/h6-7H,4-5,8H2,1-3H3. The van der Waals surface area contributed by atoms with Crippen molar-refractivity contribution in [3.05, 3.63) is 49.5 Å². The van der Waals surface area contributed by atoms with Crippen LogP contribution < -0.4 is 11.2 Å². The minimum Gasteiger partial charge on any atom is -0.301 e. The molecule has 0 radical (unpaired) electrons. The molecule has 0 bridgehead atoms. The van der Waals surface area contributed by atoms with Crippen molar-refractivity contribution in [2.45, 2.75) is 33.4 Å². The number of nitrogens with zero attached hydrogens (tertiary/aromatic N) is 4. The van der Waals surface area contributed by atoms with Gasteiger partial charge in [0.25, 0.3) is 5.56 Å². The quantitative estimate of drug-likeness (QED) is 0.846. The highest BCUT2D eigenvalue weighted by Gasteiger charge is 2.15. The molecule has 0 spiro atoms. The van der Waals surface area contributed by atoms with E-state index in [0.717, 1.165) is 5.69 Å². The van der Waals surface area contributed by atoms with Gasteiger partial charge in [0.05, 0.1) is 23.0 Å². The molecule has 2 heterocycles. The van der Waals surface area contributed by atoms with E-state index in [0.29, 0.717) is 23.7 Å². The van der Waals surface area contributed by atoms with Gasteiger partial charge in [0, 0.05) is 25.9 Å². The van der Waals surface area contributed by atoms with Crippen LogP contribution in [0.3, 0.4) is 0 Å². The second kappa shape index (κ2) is 5.66. The fraction of sp³-hybridized carbons (Fsp3) is 0.462. The average Bonchev–Trinajstić information content (AvgIpc) is 2.70. The minimum absolute atomic E-state index is 0.126. The van der Waals surface area contributed by atoms with Crippen molar-refractivity contribution in [2.75, 3.05) is 0 Å². The van der Waals surface area contributed by atoms with Crippen molar-refractivity contribution < 1.29 is 0 Å². The molecule has 0 N–H and O–H groups in total. The summed E-state index contributed by atoms with van der Waals surface area (Å²) in [6.07, 6.45) is 2.21. The van der Waals surface area contributed by atoms with E-state index in [-0.39, 0.29) is 17.8 Å². The largest absolute Gasteiger partial charge is 0.331 e. The first-order valence-corrected chi connectivity index (χ1v) is 6.87. The van der Waals surface area contributed by atoms with Crippen LogP contribution in [-0.4, -0.2) is 18.9 Å². The Balaban J connectivity index is 2.53. The molecule has 2 aromatic rings. The van der Waals surface area contributed by atoms with Crippen LogP contribution in [0.2, 0.25) is 5.02 Å². The minimum atomic E-state index is -0.338. The maximum absolute atomic E-state index is 12.2. The van der Waals surface area contributed by atoms with Crippen LogP contribution in [0.15, 0.2) is 21.9 Å². The summed E-state index contributed by atoms with van der Waals surface area (Å²) in [5.74, 6) is 0. The van der Waals surface area contributed by atoms with Gasteiger partial charge in [-0.3, -0.25) is 14.0 Å². The van der Waals surface area contributed by atoms with E-state index in [1.54, 1.807) is 11.7 Å².